The van der Waals surface area contributed by atoms with Crippen molar-refractivity contribution in [3.63, 3.8) is 0 Å². The molecule has 3 nitrogen and oxygen atoms in total. The molecule has 0 unspecified atom stereocenters. The lowest BCUT2D eigenvalue weighted by Crippen LogP contribution is -2.23. The van der Waals surface area contributed by atoms with Gasteiger partial charge in [-0.25, -0.2) is 13.1 Å². The summed E-state index contributed by atoms with van der Waals surface area (Å²) in [6.45, 7) is 0.282. The highest BCUT2D eigenvalue weighted by Gasteiger charge is 2.12. The standard InChI is InChI=1S/C13H12BrNO2S/c14-12-8-6-11(7-9-12)10-15-18(16,17)13-4-2-1-3-5-13/h1-9,15H,10H2. The van der Waals surface area contributed by atoms with Gasteiger partial charge in [0.25, 0.3) is 0 Å². The maximum absolute atomic E-state index is 12.0. The van der Waals surface area contributed by atoms with E-state index < -0.39 is 10.0 Å². The van der Waals surface area contributed by atoms with Crippen LogP contribution in [0, 0.1) is 0 Å². The molecule has 2 aromatic rings. The summed E-state index contributed by atoms with van der Waals surface area (Å²) in [6.07, 6.45) is 0. The number of sulfonamides is 1. The molecular weight excluding hydrogens is 314 g/mol. The molecule has 0 aromatic heterocycles. The van der Waals surface area contributed by atoms with E-state index in [1.165, 1.54) is 0 Å². The predicted octanol–water partition coefficient (Wildman–Crippen LogP) is 2.93. The highest BCUT2D eigenvalue weighted by atomic mass is 79.9. The summed E-state index contributed by atoms with van der Waals surface area (Å²) in [7, 11) is -3.43. The summed E-state index contributed by atoms with van der Waals surface area (Å²) in [5.74, 6) is 0. The van der Waals surface area contributed by atoms with Gasteiger partial charge in [-0.3, -0.25) is 0 Å². The fourth-order valence-corrected chi connectivity index (χ4v) is 2.77. The lowest BCUT2D eigenvalue weighted by atomic mass is 10.2. The molecule has 0 heterocycles. The lowest BCUT2D eigenvalue weighted by Gasteiger charge is -2.06. The van der Waals surface area contributed by atoms with E-state index in [-0.39, 0.29) is 11.4 Å². The first-order valence-electron chi connectivity index (χ1n) is 5.37. The van der Waals surface area contributed by atoms with Crippen LogP contribution in [0.2, 0.25) is 0 Å². The van der Waals surface area contributed by atoms with Crippen molar-refractivity contribution < 1.29 is 8.42 Å². The average molecular weight is 326 g/mol. The second-order valence-corrected chi connectivity index (χ2v) is 6.45. The first kappa shape index (κ1) is 13.3. The van der Waals surface area contributed by atoms with Gasteiger partial charge >= 0.3 is 0 Å². The zero-order valence-electron chi connectivity index (χ0n) is 9.51. The predicted molar refractivity (Wildman–Crippen MR) is 74.6 cm³/mol. The number of benzene rings is 2. The van der Waals surface area contributed by atoms with Gasteiger partial charge < -0.3 is 0 Å². The maximum atomic E-state index is 12.0. The molecule has 0 fully saturated rings. The molecule has 0 aliphatic rings. The molecule has 94 valence electrons. The number of rotatable bonds is 4. The van der Waals surface area contributed by atoms with Gasteiger partial charge in [0.2, 0.25) is 10.0 Å². The molecule has 0 spiro atoms. The summed E-state index contributed by atoms with van der Waals surface area (Å²) >= 11 is 3.33. The topological polar surface area (TPSA) is 46.2 Å². The summed E-state index contributed by atoms with van der Waals surface area (Å²) in [6, 6.07) is 15.8. The van der Waals surface area contributed by atoms with Crippen LogP contribution < -0.4 is 4.72 Å². The van der Waals surface area contributed by atoms with E-state index in [0.717, 1.165) is 10.0 Å². The molecule has 0 amide bonds. The van der Waals surface area contributed by atoms with Crippen LogP contribution in [0.15, 0.2) is 64.0 Å². The van der Waals surface area contributed by atoms with Crippen LogP contribution in [0.3, 0.4) is 0 Å². The maximum Gasteiger partial charge on any atom is 0.240 e. The van der Waals surface area contributed by atoms with Gasteiger partial charge in [-0.2, -0.15) is 0 Å². The van der Waals surface area contributed by atoms with Gasteiger partial charge in [-0.1, -0.05) is 46.3 Å². The highest BCUT2D eigenvalue weighted by molar-refractivity contribution is 9.10. The molecule has 0 aliphatic heterocycles. The Bertz CT molecular complexity index is 609. The van der Waals surface area contributed by atoms with Crippen molar-refractivity contribution in [2.24, 2.45) is 0 Å². The quantitative estimate of drug-likeness (QED) is 0.939. The largest absolute Gasteiger partial charge is 0.240 e. The summed E-state index contributed by atoms with van der Waals surface area (Å²) < 4.78 is 27.4. The molecule has 0 radical (unpaired) electrons. The molecule has 5 heteroatoms. The van der Waals surface area contributed by atoms with Gasteiger partial charge in [-0.05, 0) is 29.8 Å². The zero-order valence-corrected chi connectivity index (χ0v) is 11.9. The van der Waals surface area contributed by atoms with E-state index in [1.807, 2.05) is 24.3 Å². The minimum Gasteiger partial charge on any atom is -0.207 e. The van der Waals surface area contributed by atoms with Crippen LogP contribution >= 0.6 is 15.9 Å². The number of halogens is 1. The SMILES string of the molecule is O=S(=O)(NCc1ccc(Br)cc1)c1ccccc1. The third-order valence-electron chi connectivity index (χ3n) is 2.43. The average Bonchev–Trinajstić information content (AvgIpc) is 2.39. The third-order valence-corrected chi connectivity index (χ3v) is 4.38. The van der Waals surface area contributed by atoms with E-state index in [2.05, 4.69) is 20.7 Å². The van der Waals surface area contributed by atoms with Gasteiger partial charge in [0.15, 0.2) is 0 Å². The monoisotopic (exact) mass is 325 g/mol. The minimum atomic E-state index is -3.43. The Morgan fingerprint density at radius 1 is 0.944 bits per heavy atom. The molecule has 0 saturated carbocycles. The number of hydrogen-bond donors (Lipinski definition) is 1. The zero-order chi connectivity index (χ0) is 13.0. The van der Waals surface area contributed by atoms with E-state index >= 15 is 0 Å². The van der Waals surface area contributed by atoms with Crippen molar-refractivity contribution in [3.8, 4) is 0 Å². The second kappa shape index (κ2) is 5.65. The minimum absolute atomic E-state index is 0.280. The van der Waals surface area contributed by atoms with Crippen LogP contribution in [0.25, 0.3) is 0 Å². The van der Waals surface area contributed by atoms with Crippen LogP contribution in [-0.2, 0) is 16.6 Å². The van der Waals surface area contributed by atoms with Crippen molar-refractivity contribution in [1.29, 1.82) is 0 Å². The first-order valence-corrected chi connectivity index (χ1v) is 7.65. The van der Waals surface area contributed by atoms with Crippen molar-refractivity contribution in [2.45, 2.75) is 11.4 Å². The summed E-state index contributed by atoms with van der Waals surface area (Å²) in [5, 5.41) is 0. The van der Waals surface area contributed by atoms with Crippen LogP contribution in [0.1, 0.15) is 5.56 Å². The Hall–Kier alpha value is -1.17. The smallest absolute Gasteiger partial charge is 0.207 e. The molecule has 0 aliphatic carbocycles. The van der Waals surface area contributed by atoms with Gasteiger partial charge in [0, 0.05) is 11.0 Å². The molecule has 2 rings (SSSR count). The van der Waals surface area contributed by atoms with E-state index in [9.17, 15) is 8.42 Å². The Morgan fingerprint density at radius 3 is 2.17 bits per heavy atom. The third kappa shape index (κ3) is 3.41. The Labute approximate surface area is 115 Å². The molecule has 0 saturated heterocycles. The fourth-order valence-electron chi connectivity index (χ4n) is 1.46. The second-order valence-electron chi connectivity index (χ2n) is 3.76. The van der Waals surface area contributed by atoms with Gasteiger partial charge in [0.05, 0.1) is 4.90 Å². The first-order chi connectivity index (χ1) is 8.58. The van der Waals surface area contributed by atoms with Gasteiger partial charge in [0.1, 0.15) is 0 Å². The Balaban J connectivity index is 2.08. The van der Waals surface area contributed by atoms with Crippen LogP contribution in [-0.4, -0.2) is 8.42 Å². The Morgan fingerprint density at radius 2 is 1.56 bits per heavy atom. The van der Waals surface area contributed by atoms with E-state index in [1.54, 1.807) is 30.3 Å². The van der Waals surface area contributed by atoms with Crippen molar-refractivity contribution in [1.82, 2.24) is 4.72 Å². The normalized spacial score (nSPS) is 11.4. The molecule has 2 aromatic carbocycles. The number of nitrogens with one attached hydrogen (secondary N) is 1. The van der Waals surface area contributed by atoms with Crippen molar-refractivity contribution >= 4 is 26.0 Å². The van der Waals surface area contributed by atoms with E-state index in [4.69, 9.17) is 0 Å². The van der Waals surface area contributed by atoms with Crippen LogP contribution in [0.5, 0.6) is 0 Å². The molecule has 0 atom stereocenters. The summed E-state index contributed by atoms with van der Waals surface area (Å²) in [5.41, 5.74) is 0.915. The molecular formula is C13H12BrNO2S. The Kier molecular flexibility index (Phi) is 4.16. The van der Waals surface area contributed by atoms with Crippen molar-refractivity contribution in [3.05, 3.63) is 64.6 Å². The highest BCUT2D eigenvalue weighted by Crippen LogP contribution is 2.12. The number of hydrogen-bond acceptors (Lipinski definition) is 2. The molecule has 0 bridgehead atoms. The fraction of sp³-hybridized carbons (Fsp3) is 0.0769. The molecule has 1 N–H and O–H groups in total. The van der Waals surface area contributed by atoms with E-state index in [0.29, 0.717) is 0 Å². The lowest BCUT2D eigenvalue weighted by molar-refractivity contribution is 0.581. The van der Waals surface area contributed by atoms with Crippen molar-refractivity contribution in [2.75, 3.05) is 0 Å². The van der Waals surface area contributed by atoms with Gasteiger partial charge in [-0.15, -0.1) is 0 Å². The molecule has 18 heavy (non-hydrogen) atoms. The van der Waals surface area contributed by atoms with Crippen LogP contribution in [0.4, 0.5) is 0 Å². The summed E-state index contributed by atoms with van der Waals surface area (Å²) in [4.78, 5) is 0.280.